The van der Waals surface area contributed by atoms with Crippen molar-refractivity contribution >= 4 is 11.6 Å². The Hall–Kier alpha value is -1.71. The molecule has 3 nitrogen and oxygen atoms in total. The molecule has 0 saturated carbocycles. The molecule has 1 unspecified atom stereocenters. The highest BCUT2D eigenvalue weighted by Crippen LogP contribution is 2.39. The third-order valence-corrected chi connectivity index (χ3v) is 4.32. The minimum absolute atomic E-state index is 0.637. The Labute approximate surface area is 128 Å². The van der Waals surface area contributed by atoms with Crippen molar-refractivity contribution in [2.75, 3.05) is 13.2 Å². The topological polar surface area (TPSA) is 38.7 Å². The van der Waals surface area contributed by atoms with Gasteiger partial charge in [0.05, 0.1) is 13.2 Å². The maximum Gasteiger partial charge on any atom is 0.128 e. The zero-order valence-electron chi connectivity index (χ0n) is 11.4. The summed E-state index contributed by atoms with van der Waals surface area (Å²) in [5, 5.41) is 11.4. The normalized spacial score (nSPS) is 16.9. The van der Waals surface area contributed by atoms with Gasteiger partial charge in [0.25, 0.3) is 0 Å². The predicted octanol–water partition coefficient (Wildman–Crippen LogP) is 3.29. The summed E-state index contributed by atoms with van der Waals surface area (Å²) in [6.45, 7) is 1.36. The largest absolute Gasteiger partial charge is 0.493 e. The molecule has 0 amide bonds. The summed E-state index contributed by atoms with van der Waals surface area (Å²) in [6, 6.07) is 9.54. The maximum atomic E-state index is 10.7. The lowest BCUT2D eigenvalue weighted by Gasteiger charge is -2.16. The van der Waals surface area contributed by atoms with Gasteiger partial charge in [-0.15, -0.1) is 0 Å². The van der Waals surface area contributed by atoms with E-state index in [0.29, 0.717) is 18.2 Å². The van der Waals surface area contributed by atoms with Crippen LogP contribution in [0.5, 0.6) is 11.5 Å². The van der Waals surface area contributed by atoms with Gasteiger partial charge in [-0.2, -0.15) is 0 Å². The highest BCUT2D eigenvalue weighted by molar-refractivity contribution is 6.30. The molecule has 2 heterocycles. The lowest BCUT2D eigenvalue weighted by molar-refractivity contribution is 0.213. The summed E-state index contributed by atoms with van der Waals surface area (Å²) < 4.78 is 11.2. The van der Waals surface area contributed by atoms with E-state index in [0.717, 1.165) is 46.6 Å². The SMILES string of the molecule is OC(c1ccc2c(c1)CCO2)c1cc(Cl)cc2c1OCC2. The van der Waals surface area contributed by atoms with Crippen LogP contribution in [0.25, 0.3) is 0 Å². The number of benzene rings is 2. The van der Waals surface area contributed by atoms with Crippen LogP contribution in [0.3, 0.4) is 0 Å². The second kappa shape index (κ2) is 4.93. The van der Waals surface area contributed by atoms with Crippen LogP contribution in [0, 0.1) is 0 Å². The Balaban J connectivity index is 1.77. The van der Waals surface area contributed by atoms with Gasteiger partial charge in [0.15, 0.2) is 0 Å². The monoisotopic (exact) mass is 302 g/mol. The van der Waals surface area contributed by atoms with Gasteiger partial charge in [-0.1, -0.05) is 17.7 Å². The molecule has 0 aliphatic carbocycles. The predicted molar refractivity (Wildman–Crippen MR) is 80.4 cm³/mol. The molecule has 1 N–H and O–H groups in total. The molecule has 2 aromatic rings. The third kappa shape index (κ3) is 2.17. The summed E-state index contributed by atoms with van der Waals surface area (Å²) >= 11 is 6.17. The standard InChI is InChI=1S/C17H15ClO3/c18-13-8-12-4-6-21-17(12)14(9-13)16(19)11-1-2-15-10(7-11)3-5-20-15/h1-2,7-9,16,19H,3-6H2. The van der Waals surface area contributed by atoms with Crippen molar-refractivity contribution in [1.29, 1.82) is 0 Å². The molecule has 0 aromatic heterocycles. The molecule has 21 heavy (non-hydrogen) atoms. The zero-order valence-corrected chi connectivity index (χ0v) is 12.2. The van der Waals surface area contributed by atoms with E-state index < -0.39 is 6.10 Å². The number of hydrogen-bond acceptors (Lipinski definition) is 3. The number of aliphatic hydroxyl groups is 1. The van der Waals surface area contributed by atoms with Crippen LogP contribution < -0.4 is 9.47 Å². The van der Waals surface area contributed by atoms with Crippen molar-refractivity contribution in [3.8, 4) is 11.5 Å². The molecule has 0 saturated heterocycles. The molecular weight excluding hydrogens is 288 g/mol. The van der Waals surface area contributed by atoms with Crippen molar-refractivity contribution in [2.45, 2.75) is 18.9 Å². The van der Waals surface area contributed by atoms with E-state index in [9.17, 15) is 5.11 Å². The van der Waals surface area contributed by atoms with Crippen molar-refractivity contribution in [3.63, 3.8) is 0 Å². The van der Waals surface area contributed by atoms with Crippen LogP contribution in [0.1, 0.15) is 28.4 Å². The number of hydrogen-bond donors (Lipinski definition) is 1. The lowest BCUT2D eigenvalue weighted by Crippen LogP contribution is -2.03. The number of fused-ring (bicyclic) bond motifs is 2. The molecule has 1 atom stereocenters. The quantitative estimate of drug-likeness (QED) is 0.925. The van der Waals surface area contributed by atoms with Gasteiger partial charge in [0.1, 0.15) is 17.6 Å². The van der Waals surface area contributed by atoms with E-state index in [1.54, 1.807) is 6.07 Å². The first kappa shape index (κ1) is 13.0. The number of rotatable bonds is 2. The smallest absolute Gasteiger partial charge is 0.128 e. The number of halogens is 1. The van der Waals surface area contributed by atoms with E-state index in [-0.39, 0.29) is 0 Å². The zero-order chi connectivity index (χ0) is 14.4. The Morgan fingerprint density at radius 1 is 1.00 bits per heavy atom. The fourth-order valence-electron chi connectivity index (χ4n) is 3.06. The van der Waals surface area contributed by atoms with Gasteiger partial charge >= 0.3 is 0 Å². The molecule has 2 aliphatic rings. The van der Waals surface area contributed by atoms with Gasteiger partial charge < -0.3 is 14.6 Å². The van der Waals surface area contributed by atoms with Crippen LogP contribution in [0.4, 0.5) is 0 Å². The van der Waals surface area contributed by atoms with Crippen molar-refractivity contribution in [2.24, 2.45) is 0 Å². The van der Waals surface area contributed by atoms with Crippen LogP contribution in [-0.2, 0) is 12.8 Å². The van der Waals surface area contributed by atoms with Crippen molar-refractivity contribution < 1.29 is 14.6 Å². The maximum absolute atomic E-state index is 10.7. The molecule has 2 aliphatic heterocycles. The first-order valence-electron chi connectivity index (χ1n) is 7.11. The van der Waals surface area contributed by atoms with Gasteiger partial charge in [-0.05, 0) is 41.0 Å². The molecule has 0 spiro atoms. The lowest BCUT2D eigenvalue weighted by atomic mass is 9.96. The Morgan fingerprint density at radius 2 is 1.81 bits per heavy atom. The van der Waals surface area contributed by atoms with Gasteiger partial charge in [-0.25, -0.2) is 0 Å². The molecular formula is C17H15ClO3. The van der Waals surface area contributed by atoms with Crippen LogP contribution in [0.15, 0.2) is 30.3 Å². The van der Waals surface area contributed by atoms with Gasteiger partial charge in [-0.3, -0.25) is 0 Å². The summed E-state index contributed by atoms with van der Waals surface area (Å²) in [4.78, 5) is 0. The first-order valence-corrected chi connectivity index (χ1v) is 7.49. The second-order valence-electron chi connectivity index (χ2n) is 5.45. The highest BCUT2D eigenvalue weighted by Gasteiger charge is 2.24. The fourth-order valence-corrected chi connectivity index (χ4v) is 3.31. The molecule has 2 aromatic carbocycles. The molecule has 0 radical (unpaired) electrons. The average molecular weight is 303 g/mol. The minimum atomic E-state index is -0.735. The summed E-state index contributed by atoms with van der Waals surface area (Å²) in [7, 11) is 0. The Bertz CT molecular complexity index is 711. The van der Waals surface area contributed by atoms with E-state index in [1.807, 2.05) is 24.3 Å². The van der Waals surface area contributed by atoms with Crippen molar-refractivity contribution in [3.05, 3.63) is 57.6 Å². The number of ether oxygens (including phenoxy) is 2. The molecule has 108 valence electrons. The summed E-state index contributed by atoms with van der Waals surface area (Å²) in [5.41, 5.74) is 3.81. The summed E-state index contributed by atoms with van der Waals surface area (Å²) in [6.07, 6.45) is 0.995. The van der Waals surface area contributed by atoms with Gasteiger partial charge in [0.2, 0.25) is 0 Å². The Morgan fingerprint density at radius 3 is 2.71 bits per heavy atom. The average Bonchev–Trinajstić information content (AvgIpc) is 3.12. The Kier molecular flexibility index (Phi) is 3.05. The fraction of sp³-hybridized carbons (Fsp3) is 0.294. The van der Waals surface area contributed by atoms with E-state index in [4.69, 9.17) is 21.1 Å². The van der Waals surface area contributed by atoms with Crippen molar-refractivity contribution in [1.82, 2.24) is 0 Å². The summed E-state index contributed by atoms with van der Waals surface area (Å²) in [5.74, 6) is 1.70. The molecule has 0 fully saturated rings. The molecule has 0 bridgehead atoms. The van der Waals surface area contributed by atoms with Crippen LogP contribution in [0.2, 0.25) is 5.02 Å². The second-order valence-corrected chi connectivity index (χ2v) is 5.89. The first-order chi connectivity index (χ1) is 10.2. The van der Waals surface area contributed by atoms with E-state index in [2.05, 4.69) is 0 Å². The van der Waals surface area contributed by atoms with E-state index in [1.165, 1.54) is 0 Å². The van der Waals surface area contributed by atoms with Crippen LogP contribution in [-0.4, -0.2) is 18.3 Å². The molecule has 4 heteroatoms. The van der Waals surface area contributed by atoms with E-state index >= 15 is 0 Å². The van der Waals surface area contributed by atoms with Gasteiger partial charge in [0, 0.05) is 23.4 Å². The third-order valence-electron chi connectivity index (χ3n) is 4.10. The number of aliphatic hydroxyl groups excluding tert-OH is 1. The minimum Gasteiger partial charge on any atom is -0.493 e. The van der Waals surface area contributed by atoms with Crippen LogP contribution >= 0.6 is 11.6 Å². The molecule has 4 rings (SSSR count). The highest BCUT2D eigenvalue weighted by atomic mass is 35.5.